The highest BCUT2D eigenvalue weighted by Gasteiger charge is 2.13. The fourth-order valence-corrected chi connectivity index (χ4v) is 3.17. The van der Waals surface area contributed by atoms with Gasteiger partial charge in [0.05, 0.1) is 7.11 Å². The average Bonchev–Trinajstić information content (AvgIpc) is 2.53. The summed E-state index contributed by atoms with van der Waals surface area (Å²) in [5.74, 6) is 0.930. The Hall–Kier alpha value is -0.970. The lowest BCUT2D eigenvalue weighted by Gasteiger charge is -2.19. The van der Waals surface area contributed by atoms with Gasteiger partial charge < -0.3 is 10.1 Å². The smallest absolute Gasteiger partial charge is 0.122 e. The first kappa shape index (κ1) is 16.4. The third kappa shape index (κ3) is 4.25. The summed E-state index contributed by atoms with van der Waals surface area (Å²) in [4.78, 5) is 1.29. The average molecular weight is 366 g/mol. The highest BCUT2D eigenvalue weighted by atomic mass is 79.9. The van der Waals surface area contributed by atoms with Crippen LogP contribution in [-0.4, -0.2) is 20.4 Å². The number of ether oxygens (including phenoxy) is 1. The monoisotopic (exact) mass is 365 g/mol. The van der Waals surface area contributed by atoms with Crippen LogP contribution in [0.5, 0.6) is 5.75 Å². The van der Waals surface area contributed by atoms with Crippen LogP contribution < -0.4 is 10.1 Å². The molecule has 0 aliphatic heterocycles. The number of halogens is 1. The number of hydrogen-bond acceptors (Lipinski definition) is 3. The maximum Gasteiger partial charge on any atom is 0.122 e. The molecule has 0 aliphatic rings. The number of nitrogens with one attached hydrogen (secondary N) is 1. The van der Waals surface area contributed by atoms with Crippen molar-refractivity contribution >= 4 is 27.7 Å². The molecule has 0 heterocycles. The zero-order valence-electron chi connectivity index (χ0n) is 12.5. The van der Waals surface area contributed by atoms with Crippen LogP contribution in [0, 0.1) is 0 Å². The Labute approximate surface area is 139 Å². The van der Waals surface area contributed by atoms with Crippen LogP contribution in [0.25, 0.3) is 0 Å². The zero-order chi connectivity index (χ0) is 15.2. The molecule has 0 saturated heterocycles. The normalized spacial score (nSPS) is 12.2. The van der Waals surface area contributed by atoms with E-state index in [1.807, 2.05) is 19.2 Å². The third-order valence-electron chi connectivity index (χ3n) is 3.53. The maximum atomic E-state index is 5.47. The van der Waals surface area contributed by atoms with E-state index in [4.69, 9.17) is 4.74 Å². The summed E-state index contributed by atoms with van der Waals surface area (Å²) in [6.07, 6.45) is 2.98. The Balaban J connectivity index is 2.23. The number of thioether (sulfide) groups is 1. The second-order valence-corrected chi connectivity index (χ2v) is 6.57. The summed E-state index contributed by atoms with van der Waals surface area (Å²) >= 11 is 5.30. The molecule has 0 aliphatic carbocycles. The summed E-state index contributed by atoms with van der Waals surface area (Å²) < 4.78 is 6.54. The predicted molar refractivity (Wildman–Crippen MR) is 94.4 cm³/mol. The van der Waals surface area contributed by atoms with Gasteiger partial charge in [-0.2, -0.15) is 0 Å². The van der Waals surface area contributed by atoms with E-state index >= 15 is 0 Å². The Morgan fingerprint density at radius 3 is 2.48 bits per heavy atom. The molecular formula is C17H20BrNOS. The zero-order valence-corrected chi connectivity index (χ0v) is 14.9. The van der Waals surface area contributed by atoms with Gasteiger partial charge in [0.25, 0.3) is 0 Å². The van der Waals surface area contributed by atoms with Crippen LogP contribution in [0.15, 0.2) is 51.8 Å². The standard InChI is InChI=1S/C17H20BrNOS/c1-19-16(12-4-7-15(21-3)8-5-12)11-13-10-14(18)6-9-17(13)20-2/h4-10,16,19H,11H2,1-3H3. The van der Waals surface area contributed by atoms with Crippen molar-refractivity contribution < 1.29 is 4.74 Å². The first-order valence-corrected chi connectivity index (χ1v) is 8.83. The van der Waals surface area contributed by atoms with E-state index in [0.717, 1.165) is 16.6 Å². The van der Waals surface area contributed by atoms with Crippen molar-refractivity contribution in [2.24, 2.45) is 0 Å². The molecule has 4 heteroatoms. The van der Waals surface area contributed by atoms with Crippen molar-refractivity contribution in [1.82, 2.24) is 5.32 Å². The lowest BCUT2D eigenvalue weighted by Crippen LogP contribution is -2.19. The lowest BCUT2D eigenvalue weighted by atomic mass is 9.98. The molecule has 0 bridgehead atoms. The molecule has 0 amide bonds. The van der Waals surface area contributed by atoms with E-state index in [2.05, 4.69) is 57.8 Å². The summed E-state index contributed by atoms with van der Waals surface area (Å²) in [7, 11) is 3.71. The van der Waals surface area contributed by atoms with Crippen LogP contribution in [0.1, 0.15) is 17.2 Å². The largest absolute Gasteiger partial charge is 0.496 e. The fraction of sp³-hybridized carbons (Fsp3) is 0.294. The molecule has 1 atom stereocenters. The highest BCUT2D eigenvalue weighted by Crippen LogP contribution is 2.28. The van der Waals surface area contributed by atoms with E-state index in [9.17, 15) is 0 Å². The Morgan fingerprint density at radius 2 is 1.90 bits per heavy atom. The van der Waals surface area contributed by atoms with Crippen molar-refractivity contribution in [3.63, 3.8) is 0 Å². The van der Waals surface area contributed by atoms with E-state index in [-0.39, 0.29) is 6.04 Å². The van der Waals surface area contributed by atoms with E-state index < -0.39 is 0 Å². The van der Waals surface area contributed by atoms with Crippen LogP contribution in [0.3, 0.4) is 0 Å². The van der Waals surface area contributed by atoms with Gasteiger partial charge in [0, 0.05) is 15.4 Å². The quantitative estimate of drug-likeness (QED) is 0.750. The molecule has 2 nitrogen and oxygen atoms in total. The number of benzene rings is 2. The van der Waals surface area contributed by atoms with Crippen LogP contribution in [0.2, 0.25) is 0 Å². The molecule has 2 rings (SSSR count). The molecule has 1 unspecified atom stereocenters. The van der Waals surface area contributed by atoms with Crippen LogP contribution in [0.4, 0.5) is 0 Å². The number of hydrogen-bond donors (Lipinski definition) is 1. The maximum absolute atomic E-state index is 5.47. The SMILES string of the molecule is CNC(Cc1cc(Br)ccc1OC)c1ccc(SC)cc1. The summed E-state index contributed by atoms with van der Waals surface area (Å²) in [6.45, 7) is 0. The summed E-state index contributed by atoms with van der Waals surface area (Å²) in [5.41, 5.74) is 2.48. The predicted octanol–water partition coefficient (Wildman–Crippen LogP) is 4.68. The molecule has 0 saturated carbocycles. The molecule has 0 aromatic heterocycles. The van der Waals surface area contributed by atoms with Gasteiger partial charge >= 0.3 is 0 Å². The van der Waals surface area contributed by atoms with Gasteiger partial charge in [-0.25, -0.2) is 0 Å². The molecular weight excluding hydrogens is 346 g/mol. The van der Waals surface area contributed by atoms with Gasteiger partial charge in [0.2, 0.25) is 0 Å². The minimum absolute atomic E-state index is 0.268. The van der Waals surface area contributed by atoms with Crippen molar-refractivity contribution in [3.05, 3.63) is 58.1 Å². The van der Waals surface area contributed by atoms with Crippen LogP contribution in [-0.2, 0) is 6.42 Å². The van der Waals surface area contributed by atoms with Gasteiger partial charge in [-0.05, 0) is 61.2 Å². The minimum atomic E-state index is 0.268. The second kappa shape index (κ2) is 7.87. The lowest BCUT2D eigenvalue weighted by molar-refractivity contribution is 0.406. The van der Waals surface area contributed by atoms with Crippen molar-refractivity contribution in [3.8, 4) is 5.75 Å². The van der Waals surface area contributed by atoms with Crippen molar-refractivity contribution in [2.45, 2.75) is 17.4 Å². The van der Waals surface area contributed by atoms with Gasteiger partial charge in [-0.1, -0.05) is 28.1 Å². The van der Waals surface area contributed by atoms with Gasteiger partial charge in [0.15, 0.2) is 0 Å². The number of rotatable bonds is 6. The Kier molecular flexibility index (Phi) is 6.15. The van der Waals surface area contributed by atoms with Crippen molar-refractivity contribution in [2.75, 3.05) is 20.4 Å². The Bertz CT molecular complexity index is 586. The topological polar surface area (TPSA) is 21.3 Å². The molecule has 21 heavy (non-hydrogen) atoms. The van der Waals surface area contributed by atoms with Gasteiger partial charge in [-0.3, -0.25) is 0 Å². The van der Waals surface area contributed by atoms with Gasteiger partial charge in [0.1, 0.15) is 5.75 Å². The number of likely N-dealkylation sites (N-methyl/N-ethyl adjacent to an activating group) is 1. The summed E-state index contributed by atoms with van der Waals surface area (Å²) in [5, 5.41) is 3.40. The van der Waals surface area contributed by atoms with E-state index in [1.165, 1.54) is 16.0 Å². The third-order valence-corrected chi connectivity index (χ3v) is 4.77. The number of methoxy groups -OCH3 is 1. The molecule has 112 valence electrons. The summed E-state index contributed by atoms with van der Waals surface area (Å²) in [6, 6.07) is 15.1. The molecule has 0 fully saturated rings. The molecule has 1 N–H and O–H groups in total. The molecule has 2 aromatic carbocycles. The first-order chi connectivity index (χ1) is 10.2. The molecule has 0 spiro atoms. The van der Waals surface area contributed by atoms with Gasteiger partial charge in [-0.15, -0.1) is 11.8 Å². The van der Waals surface area contributed by atoms with E-state index in [0.29, 0.717) is 0 Å². The molecule has 0 radical (unpaired) electrons. The Morgan fingerprint density at radius 1 is 1.19 bits per heavy atom. The molecule has 2 aromatic rings. The highest BCUT2D eigenvalue weighted by molar-refractivity contribution is 9.10. The fourth-order valence-electron chi connectivity index (χ4n) is 2.35. The van der Waals surface area contributed by atoms with E-state index in [1.54, 1.807) is 18.9 Å². The van der Waals surface area contributed by atoms with Crippen LogP contribution >= 0.6 is 27.7 Å². The first-order valence-electron chi connectivity index (χ1n) is 6.81. The second-order valence-electron chi connectivity index (χ2n) is 4.77. The van der Waals surface area contributed by atoms with Crippen molar-refractivity contribution in [1.29, 1.82) is 0 Å². The minimum Gasteiger partial charge on any atom is -0.496 e.